The summed E-state index contributed by atoms with van der Waals surface area (Å²) >= 11 is 7.70. The number of aliphatic imine (C=N–C) groups is 1. The fourth-order valence-electron chi connectivity index (χ4n) is 7.00. The SMILES string of the molecule is Cc1sc2c(c1C(=O)NCCCCCCCCNC(=O)COc1cccc3c1C(=O)N(C(CCC=O)C(N)=O)C3=O)C(c1ccc(Cl)cc1)=NCc1nnc(C)n1-2. The molecular weight excluding hydrogens is 772 g/mol. The van der Waals surface area contributed by atoms with Gasteiger partial charge in [-0.3, -0.25) is 38.4 Å². The first-order chi connectivity index (χ1) is 27.5. The van der Waals surface area contributed by atoms with Crippen LogP contribution < -0.4 is 21.1 Å². The Morgan fingerprint density at radius 3 is 2.35 bits per heavy atom. The van der Waals surface area contributed by atoms with Crippen LogP contribution in [0.1, 0.15) is 110 Å². The van der Waals surface area contributed by atoms with Crippen LogP contribution in [0, 0.1) is 13.8 Å². The van der Waals surface area contributed by atoms with Crippen LogP contribution in [-0.4, -0.2) is 86.9 Å². The highest BCUT2D eigenvalue weighted by atomic mass is 35.5. The van der Waals surface area contributed by atoms with Crippen molar-refractivity contribution in [2.24, 2.45) is 10.7 Å². The van der Waals surface area contributed by atoms with Gasteiger partial charge in [0.2, 0.25) is 5.91 Å². The molecule has 0 fully saturated rings. The number of nitrogens with two attached hydrogens (primary N) is 1. The zero-order valence-electron chi connectivity index (χ0n) is 31.6. The highest BCUT2D eigenvalue weighted by Crippen LogP contribution is 2.37. The number of benzene rings is 2. The van der Waals surface area contributed by atoms with Gasteiger partial charge in [-0.15, -0.1) is 21.5 Å². The predicted molar refractivity (Wildman–Crippen MR) is 213 cm³/mol. The molecule has 0 saturated heterocycles. The van der Waals surface area contributed by atoms with Gasteiger partial charge in [-0.1, -0.05) is 55.5 Å². The topological polar surface area (TPSA) is 208 Å². The Hall–Kier alpha value is -5.74. The number of nitrogens with zero attached hydrogens (tertiary/aromatic N) is 5. The molecule has 4 N–H and O–H groups in total. The Bertz CT molecular complexity index is 2230. The highest BCUT2D eigenvalue weighted by molar-refractivity contribution is 7.15. The molecule has 2 aliphatic heterocycles. The number of fused-ring (bicyclic) bond motifs is 4. The predicted octanol–water partition coefficient (Wildman–Crippen LogP) is 4.64. The summed E-state index contributed by atoms with van der Waals surface area (Å²) in [6.45, 7) is 4.75. The van der Waals surface area contributed by atoms with Gasteiger partial charge in [0.1, 0.15) is 35.4 Å². The van der Waals surface area contributed by atoms with Gasteiger partial charge < -0.3 is 25.9 Å². The summed E-state index contributed by atoms with van der Waals surface area (Å²) in [5, 5.41) is 16.0. The lowest BCUT2D eigenvalue weighted by atomic mass is 9.98. The number of imide groups is 1. The van der Waals surface area contributed by atoms with Gasteiger partial charge in [0.15, 0.2) is 12.4 Å². The van der Waals surface area contributed by atoms with E-state index in [1.807, 2.05) is 42.7 Å². The number of hydrogen-bond donors (Lipinski definition) is 3. The lowest BCUT2D eigenvalue weighted by molar-refractivity contribution is -0.123. The molecule has 2 aliphatic rings. The third-order valence-electron chi connectivity index (χ3n) is 9.80. The number of hydrogen-bond acceptors (Lipinski definition) is 11. The van der Waals surface area contributed by atoms with Crippen LogP contribution in [0.5, 0.6) is 5.75 Å². The van der Waals surface area contributed by atoms with Gasteiger partial charge in [-0.05, 0) is 57.4 Å². The highest BCUT2D eigenvalue weighted by Gasteiger charge is 2.44. The molecule has 2 aromatic heterocycles. The molecule has 0 bridgehead atoms. The van der Waals surface area contributed by atoms with Crippen LogP contribution in [0.15, 0.2) is 47.5 Å². The maximum absolute atomic E-state index is 13.7. The number of ether oxygens (including phenoxy) is 1. The van der Waals surface area contributed by atoms with Crippen LogP contribution in [-0.2, 0) is 20.9 Å². The average Bonchev–Trinajstić information content (AvgIpc) is 3.77. The molecular formula is C40H43ClN8O7S. The molecule has 15 nitrogen and oxygen atoms in total. The maximum atomic E-state index is 13.7. The largest absolute Gasteiger partial charge is 0.483 e. The third-order valence-corrected chi connectivity index (χ3v) is 11.1. The molecule has 2 aromatic carbocycles. The van der Waals surface area contributed by atoms with Crippen LogP contribution in [0.3, 0.4) is 0 Å². The Kier molecular flexibility index (Phi) is 13.3. The van der Waals surface area contributed by atoms with E-state index in [0.717, 1.165) is 76.0 Å². The number of halogens is 1. The number of aryl methyl sites for hydroxylation is 2. The average molecular weight is 815 g/mol. The second kappa shape index (κ2) is 18.5. The van der Waals surface area contributed by atoms with Gasteiger partial charge >= 0.3 is 0 Å². The molecule has 0 saturated carbocycles. The summed E-state index contributed by atoms with van der Waals surface area (Å²) in [4.78, 5) is 81.8. The molecule has 1 unspecified atom stereocenters. The number of unbranched alkanes of at least 4 members (excludes halogenated alkanes) is 5. The number of primary amides is 1. The summed E-state index contributed by atoms with van der Waals surface area (Å²) in [6, 6.07) is 10.6. The number of thiophene rings is 1. The molecule has 17 heteroatoms. The number of carbonyl (C=O) groups is 6. The first-order valence-electron chi connectivity index (χ1n) is 18.8. The van der Waals surface area contributed by atoms with Gasteiger partial charge in [0.05, 0.1) is 22.4 Å². The van der Waals surface area contributed by atoms with Gasteiger partial charge in [0.25, 0.3) is 23.6 Å². The third kappa shape index (κ3) is 8.97. The van der Waals surface area contributed by atoms with E-state index in [4.69, 9.17) is 27.1 Å². The Morgan fingerprint density at radius 2 is 1.65 bits per heavy atom. The quantitative estimate of drug-likeness (QED) is 0.0683. The van der Waals surface area contributed by atoms with Crippen LogP contribution in [0.4, 0.5) is 0 Å². The molecule has 4 aromatic rings. The number of aldehydes is 1. The van der Waals surface area contributed by atoms with Crippen molar-refractivity contribution in [3.05, 3.63) is 91.8 Å². The van der Waals surface area contributed by atoms with Crippen molar-refractivity contribution in [3.8, 4) is 10.8 Å². The Balaban J connectivity index is 0.917. The van der Waals surface area contributed by atoms with Crippen molar-refractivity contribution in [1.82, 2.24) is 30.3 Å². The monoisotopic (exact) mass is 814 g/mol. The normalized spacial score (nSPS) is 13.6. The van der Waals surface area contributed by atoms with E-state index in [1.165, 1.54) is 29.5 Å². The molecule has 298 valence electrons. The Morgan fingerprint density at radius 1 is 0.947 bits per heavy atom. The van der Waals surface area contributed by atoms with Crippen LogP contribution >= 0.6 is 22.9 Å². The van der Waals surface area contributed by atoms with E-state index in [9.17, 15) is 28.8 Å². The van der Waals surface area contributed by atoms with Gasteiger partial charge in [-0.2, -0.15) is 0 Å². The summed E-state index contributed by atoms with van der Waals surface area (Å²) in [5.41, 5.74) is 8.36. The van der Waals surface area contributed by atoms with Crippen molar-refractivity contribution < 1.29 is 33.5 Å². The molecule has 5 amide bonds. The smallest absolute Gasteiger partial charge is 0.266 e. The van der Waals surface area contributed by atoms with E-state index in [1.54, 1.807) is 0 Å². The molecule has 1 atom stereocenters. The number of nitrogens with one attached hydrogen (secondary N) is 2. The molecule has 4 heterocycles. The van der Waals surface area contributed by atoms with Crippen LogP contribution in [0.2, 0.25) is 5.02 Å². The molecule has 6 rings (SSSR count). The van der Waals surface area contributed by atoms with E-state index < -0.39 is 23.8 Å². The number of amides is 5. The lowest BCUT2D eigenvalue weighted by Gasteiger charge is -2.22. The maximum Gasteiger partial charge on any atom is 0.266 e. The van der Waals surface area contributed by atoms with E-state index in [0.29, 0.717) is 42.3 Å². The second-order valence-corrected chi connectivity index (χ2v) is 15.4. The van der Waals surface area contributed by atoms with Gasteiger partial charge in [0, 0.05) is 40.5 Å². The fraction of sp³-hybridized carbons (Fsp3) is 0.375. The minimum Gasteiger partial charge on any atom is -0.483 e. The minimum absolute atomic E-state index is 0.0326. The molecule has 57 heavy (non-hydrogen) atoms. The lowest BCUT2D eigenvalue weighted by Crippen LogP contribution is -2.47. The van der Waals surface area contributed by atoms with Crippen molar-refractivity contribution in [1.29, 1.82) is 0 Å². The van der Waals surface area contributed by atoms with Crippen molar-refractivity contribution in [2.75, 3.05) is 19.7 Å². The van der Waals surface area contributed by atoms with E-state index in [2.05, 4.69) is 20.8 Å². The fourth-order valence-corrected chi connectivity index (χ4v) is 8.34. The van der Waals surface area contributed by atoms with Crippen molar-refractivity contribution in [3.63, 3.8) is 0 Å². The molecule has 0 aliphatic carbocycles. The minimum atomic E-state index is -1.28. The van der Waals surface area contributed by atoms with Crippen molar-refractivity contribution in [2.45, 2.75) is 77.8 Å². The van der Waals surface area contributed by atoms with Crippen LogP contribution in [0.25, 0.3) is 5.00 Å². The molecule has 0 radical (unpaired) electrons. The first-order valence-corrected chi connectivity index (χ1v) is 20.0. The zero-order chi connectivity index (χ0) is 40.6. The van der Waals surface area contributed by atoms with Crippen molar-refractivity contribution >= 4 is 64.5 Å². The molecule has 0 spiro atoms. The standard InChI is InChI=1S/C40H43ClN8O7S/c1-23-32(34-35(25-14-16-26(41)17-15-25)45-21-30-47-46-24(2)48(30)40(34)57-23)37(53)44-19-8-6-4-3-5-7-18-43-31(51)22-56-29-13-9-11-27-33(29)39(55)49(38(27)54)28(36(42)52)12-10-20-50/h9,11,13-17,20,28H,3-8,10,12,18-19,21-22H2,1-2H3,(H2,42,52)(H,43,51)(H,44,53). The number of carbonyl (C=O) groups excluding carboxylic acids is 6. The number of aromatic nitrogens is 3. The summed E-state index contributed by atoms with van der Waals surface area (Å²) in [5.74, 6) is -1.44. The summed E-state index contributed by atoms with van der Waals surface area (Å²) in [7, 11) is 0. The second-order valence-electron chi connectivity index (χ2n) is 13.7. The first kappa shape index (κ1) is 40.9. The Labute approximate surface area is 338 Å². The van der Waals surface area contributed by atoms with E-state index in [-0.39, 0.29) is 48.1 Å². The van der Waals surface area contributed by atoms with Gasteiger partial charge in [-0.25, -0.2) is 0 Å². The van der Waals surface area contributed by atoms with E-state index >= 15 is 0 Å². The summed E-state index contributed by atoms with van der Waals surface area (Å²) < 4.78 is 7.61. The number of rotatable bonds is 19. The summed E-state index contributed by atoms with van der Waals surface area (Å²) in [6.07, 6.45) is 5.77. The zero-order valence-corrected chi connectivity index (χ0v) is 33.2.